The zero-order valence-electron chi connectivity index (χ0n) is 13.3. The summed E-state index contributed by atoms with van der Waals surface area (Å²) in [4.78, 5) is 12.1. The molecule has 4 rings (SSSR count). The second-order valence-electron chi connectivity index (χ2n) is 5.53. The molecular formula is C18H15N5O2. The van der Waals surface area contributed by atoms with Crippen LogP contribution in [0.1, 0.15) is 5.89 Å². The summed E-state index contributed by atoms with van der Waals surface area (Å²) in [6, 6.07) is 17.2. The predicted octanol–water partition coefficient (Wildman–Crippen LogP) is 2.40. The van der Waals surface area contributed by atoms with Crippen LogP contribution in [0.4, 0.5) is 0 Å². The van der Waals surface area contributed by atoms with Gasteiger partial charge in [-0.3, -0.25) is 9.48 Å². The lowest BCUT2D eigenvalue weighted by molar-refractivity contribution is -0.122. The Balaban J connectivity index is 1.36. The molecule has 2 aromatic heterocycles. The van der Waals surface area contributed by atoms with E-state index in [0.717, 1.165) is 16.5 Å². The first-order chi connectivity index (χ1) is 12.3. The molecule has 25 heavy (non-hydrogen) atoms. The number of aromatic nitrogens is 4. The molecule has 0 aliphatic rings. The Morgan fingerprint density at radius 2 is 1.84 bits per heavy atom. The molecule has 7 heteroatoms. The van der Waals surface area contributed by atoms with Crippen LogP contribution in [0.2, 0.25) is 0 Å². The van der Waals surface area contributed by atoms with E-state index in [9.17, 15) is 4.79 Å². The highest BCUT2D eigenvalue weighted by atomic mass is 16.4. The third-order valence-electron chi connectivity index (χ3n) is 3.69. The molecule has 0 radical (unpaired) electrons. The van der Waals surface area contributed by atoms with Crippen molar-refractivity contribution in [2.75, 3.05) is 0 Å². The topological polar surface area (TPSA) is 85.8 Å². The number of nitrogens with one attached hydrogen (secondary N) is 1. The van der Waals surface area contributed by atoms with Gasteiger partial charge in [-0.25, -0.2) is 0 Å². The van der Waals surface area contributed by atoms with Crippen LogP contribution < -0.4 is 5.32 Å². The molecule has 0 saturated carbocycles. The van der Waals surface area contributed by atoms with Gasteiger partial charge >= 0.3 is 0 Å². The summed E-state index contributed by atoms with van der Waals surface area (Å²) in [7, 11) is 0. The first-order valence-corrected chi connectivity index (χ1v) is 7.84. The van der Waals surface area contributed by atoms with Gasteiger partial charge in [-0.05, 0) is 18.2 Å². The lowest BCUT2D eigenvalue weighted by Crippen LogP contribution is -2.27. The number of fused-ring (bicyclic) bond motifs is 1. The number of carbonyl (C=O) groups excluding carboxylic acids is 1. The molecule has 0 unspecified atom stereocenters. The quantitative estimate of drug-likeness (QED) is 0.606. The average molecular weight is 333 g/mol. The highest BCUT2D eigenvalue weighted by Gasteiger charge is 2.10. The van der Waals surface area contributed by atoms with E-state index >= 15 is 0 Å². The molecule has 4 aromatic rings. The monoisotopic (exact) mass is 333 g/mol. The van der Waals surface area contributed by atoms with Crippen LogP contribution >= 0.6 is 0 Å². The Morgan fingerprint density at radius 1 is 1.04 bits per heavy atom. The van der Waals surface area contributed by atoms with Gasteiger partial charge in [0.15, 0.2) is 0 Å². The highest BCUT2D eigenvalue weighted by molar-refractivity contribution is 5.79. The van der Waals surface area contributed by atoms with Crippen LogP contribution in [0.15, 0.2) is 65.2 Å². The standard InChI is InChI=1S/C18H15N5O2/c24-16(12-23-11-14-8-4-5-9-15(14)22-23)19-10-17-20-21-18(25-17)13-6-2-1-3-7-13/h1-9,11H,10,12H2,(H,19,24). The van der Waals surface area contributed by atoms with Crippen LogP contribution in [0.5, 0.6) is 0 Å². The van der Waals surface area contributed by atoms with Crippen molar-refractivity contribution in [1.29, 1.82) is 0 Å². The molecule has 0 bridgehead atoms. The first-order valence-electron chi connectivity index (χ1n) is 7.84. The molecule has 124 valence electrons. The number of amides is 1. The van der Waals surface area contributed by atoms with Gasteiger partial charge in [0.2, 0.25) is 17.7 Å². The summed E-state index contributed by atoms with van der Waals surface area (Å²) in [6.45, 7) is 0.313. The van der Waals surface area contributed by atoms with Crippen molar-refractivity contribution >= 4 is 16.8 Å². The minimum Gasteiger partial charge on any atom is -0.419 e. The molecule has 2 heterocycles. The Bertz CT molecular complexity index is 973. The van der Waals surface area contributed by atoms with E-state index in [2.05, 4.69) is 20.6 Å². The number of nitrogens with zero attached hydrogens (tertiary/aromatic N) is 4. The second kappa shape index (κ2) is 6.56. The van der Waals surface area contributed by atoms with E-state index in [1.54, 1.807) is 4.68 Å². The third-order valence-corrected chi connectivity index (χ3v) is 3.69. The van der Waals surface area contributed by atoms with Gasteiger partial charge in [0.25, 0.3) is 0 Å². The fourth-order valence-electron chi connectivity index (χ4n) is 2.50. The summed E-state index contributed by atoms with van der Waals surface area (Å²) in [6.07, 6.45) is 1.84. The predicted molar refractivity (Wildman–Crippen MR) is 91.3 cm³/mol. The Labute approximate surface area is 143 Å². The summed E-state index contributed by atoms with van der Waals surface area (Å²) in [5, 5.41) is 16.1. The van der Waals surface area contributed by atoms with Crippen molar-refractivity contribution in [3.05, 3.63) is 66.7 Å². The van der Waals surface area contributed by atoms with E-state index in [1.165, 1.54) is 0 Å². The number of hydrogen-bond acceptors (Lipinski definition) is 5. The highest BCUT2D eigenvalue weighted by Crippen LogP contribution is 2.16. The summed E-state index contributed by atoms with van der Waals surface area (Å²) >= 11 is 0. The second-order valence-corrected chi connectivity index (χ2v) is 5.53. The van der Waals surface area contributed by atoms with Crippen molar-refractivity contribution in [1.82, 2.24) is 25.3 Å². The molecule has 0 aliphatic carbocycles. The zero-order valence-corrected chi connectivity index (χ0v) is 13.3. The smallest absolute Gasteiger partial charge is 0.247 e. The maximum Gasteiger partial charge on any atom is 0.247 e. The maximum atomic E-state index is 12.1. The Kier molecular flexibility index (Phi) is 3.96. The zero-order chi connectivity index (χ0) is 17.1. The number of hydrogen-bond donors (Lipinski definition) is 1. The third kappa shape index (κ3) is 3.40. The largest absolute Gasteiger partial charge is 0.419 e. The van der Waals surface area contributed by atoms with Gasteiger partial charge in [0, 0.05) is 17.1 Å². The molecule has 0 saturated heterocycles. The normalized spacial score (nSPS) is 10.9. The molecule has 7 nitrogen and oxygen atoms in total. The number of rotatable bonds is 5. The first kappa shape index (κ1) is 15.1. The van der Waals surface area contributed by atoms with Crippen molar-refractivity contribution in [2.24, 2.45) is 0 Å². The number of carbonyl (C=O) groups is 1. The molecule has 0 aliphatic heterocycles. The van der Waals surface area contributed by atoms with Gasteiger partial charge in [-0.2, -0.15) is 5.10 Å². The molecule has 0 fully saturated rings. The van der Waals surface area contributed by atoms with Crippen LogP contribution in [0.3, 0.4) is 0 Å². The van der Waals surface area contributed by atoms with Crippen LogP contribution in [0, 0.1) is 0 Å². The van der Waals surface area contributed by atoms with E-state index < -0.39 is 0 Å². The van der Waals surface area contributed by atoms with Crippen LogP contribution in [-0.4, -0.2) is 25.9 Å². The Morgan fingerprint density at radius 3 is 2.68 bits per heavy atom. The van der Waals surface area contributed by atoms with Gasteiger partial charge in [0.05, 0.1) is 12.1 Å². The molecule has 1 amide bonds. The fourth-order valence-corrected chi connectivity index (χ4v) is 2.50. The van der Waals surface area contributed by atoms with E-state index in [0.29, 0.717) is 11.8 Å². The number of benzene rings is 2. The summed E-state index contributed by atoms with van der Waals surface area (Å²) in [5.41, 5.74) is 1.70. The van der Waals surface area contributed by atoms with Crippen LogP contribution in [-0.2, 0) is 17.9 Å². The van der Waals surface area contributed by atoms with Crippen molar-refractivity contribution in [3.63, 3.8) is 0 Å². The van der Waals surface area contributed by atoms with Gasteiger partial charge in [0.1, 0.15) is 6.54 Å². The minimum atomic E-state index is -0.174. The van der Waals surface area contributed by atoms with E-state index in [4.69, 9.17) is 4.42 Å². The maximum absolute atomic E-state index is 12.1. The summed E-state index contributed by atoms with van der Waals surface area (Å²) < 4.78 is 7.17. The van der Waals surface area contributed by atoms with Crippen molar-refractivity contribution in [2.45, 2.75) is 13.1 Å². The fraction of sp³-hybridized carbons (Fsp3) is 0.111. The van der Waals surface area contributed by atoms with Crippen molar-refractivity contribution < 1.29 is 9.21 Å². The molecular weight excluding hydrogens is 318 g/mol. The average Bonchev–Trinajstić information content (AvgIpc) is 3.27. The van der Waals surface area contributed by atoms with E-state index in [1.807, 2.05) is 60.8 Å². The Hall–Kier alpha value is -3.48. The molecule has 1 N–H and O–H groups in total. The van der Waals surface area contributed by atoms with E-state index in [-0.39, 0.29) is 19.0 Å². The molecule has 0 spiro atoms. The van der Waals surface area contributed by atoms with Gasteiger partial charge < -0.3 is 9.73 Å². The molecule has 2 aromatic carbocycles. The summed E-state index contributed by atoms with van der Waals surface area (Å²) in [5.74, 6) is 0.619. The van der Waals surface area contributed by atoms with Gasteiger partial charge in [-0.1, -0.05) is 36.4 Å². The van der Waals surface area contributed by atoms with Crippen LogP contribution in [0.25, 0.3) is 22.4 Å². The lowest BCUT2D eigenvalue weighted by atomic mass is 10.2. The lowest BCUT2D eigenvalue weighted by Gasteiger charge is -2.02. The minimum absolute atomic E-state index is 0.133. The van der Waals surface area contributed by atoms with Crippen molar-refractivity contribution in [3.8, 4) is 11.5 Å². The van der Waals surface area contributed by atoms with Gasteiger partial charge in [-0.15, -0.1) is 10.2 Å². The molecule has 0 atom stereocenters. The SMILES string of the molecule is O=C(Cn1cc2ccccc2n1)NCc1nnc(-c2ccccc2)o1.